The molecule has 3 aliphatic carbocycles. The van der Waals surface area contributed by atoms with E-state index in [-0.39, 0.29) is 0 Å². The highest BCUT2D eigenvalue weighted by molar-refractivity contribution is 5.15. The van der Waals surface area contributed by atoms with Crippen LogP contribution in [0.3, 0.4) is 0 Å². The molecule has 2 saturated heterocycles. The van der Waals surface area contributed by atoms with Crippen LogP contribution in [-0.2, 0) is 0 Å². The summed E-state index contributed by atoms with van der Waals surface area (Å²) in [6.45, 7) is 18.3. The van der Waals surface area contributed by atoms with E-state index in [9.17, 15) is 0 Å². The van der Waals surface area contributed by atoms with E-state index < -0.39 is 0 Å². The van der Waals surface area contributed by atoms with Gasteiger partial charge in [0.25, 0.3) is 0 Å². The summed E-state index contributed by atoms with van der Waals surface area (Å²) in [6, 6.07) is 0. The van der Waals surface area contributed by atoms with Gasteiger partial charge in [0.1, 0.15) is 0 Å². The smallest absolute Gasteiger partial charge is 0.0110 e. The monoisotopic (exact) mass is 559 g/mol. The number of rotatable bonds is 12. The van der Waals surface area contributed by atoms with E-state index in [1.165, 1.54) is 142 Å². The first-order valence-corrected chi connectivity index (χ1v) is 17.7. The molecule has 3 nitrogen and oxygen atoms in total. The van der Waals surface area contributed by atoms with E-state index >= 15 is 0 Å². The van der Waals surface area contributed by atoms with Crippen molar-refractivity contribution in [1.82, 2.24) is 14.7 Å². The minimum absolute atomic E-state index is 0.727. The van der Waals surface area contributed by atoms with Crippen molar-refractivity contribution in [2.24, 2.45) is 29.6 Å². The molecule has 2 fully saturated rings. The van der Waals surface area contributed by atoms with Gasteiger partial charge in [-0.05, 0) is 133 Å². The topological polar surface area (TPSA) is 9.72 Å². The van der Waals surface area contributed by atoms with E-state index in [1.807, 2.05) is 0 Å². The molecule has 0 radical (unpaired) electrons. The minimum Gasteiger partial charge on any atom is -0.303 e. The van der Waals surface area contributed by atoms with Crippen molar-refractivity contribution >= 4 is 0 Å². The molecule has 0 aromatic carbocycles. The van der Waals surface area contributed by atoms with Crippen molar-refractivity contribution in [2.75, 3.05) is 58.9 Å². The lowest BCUT2D eigenvalue weighted by Crippen LogP contribution is -2.46. The minimum atomic E-state index is 0.727. The first kappa shape index (κ1) is 31.0. The molecule has 5 rings (SSSR count). The van der Waals surface area contributed by atoms with Crippen LogP contribution in [0.15, 0.2) is 60.3 Å². The predicted molar refractivity (Wildman–Crippen MR) is 177 cm³/mol. The zero-order valence-corrected chi connectivity index (χ0v) is 26.5. The molecule has 2 heterocycles. The lowest BCUT2D eigenvalue weighted by molar-refractivity contribution is 0.115. The summed E-state index contributed by atoms with van der Waals surface area (Å²) in [5, 5.41) is 0. The molecule has 0 aromatic rings. The molecule has 0 amide bonds. The van der Waals surface area contributed by atoms with E-state index in [1.54, 1.807) is 11.1 Å². The van der Waals surface area contributed by atoms with Crippen LogP contribution in [0.1, 0.15) is 90.4 Å². The zero-order valence-electron chi connectivity index (χ0n) is 26.5. The van der Waals surface area contributed by atoms with Gasteiger partial charge in [0.05, 0.1) is 0 Å². The maximum atomic E-state index is 4.63. The molecule has 0 aromatic heterocycles. The third-order valence-electron chi connectivity index (χ3n) is 11.2. The van der Waals surface area contributed by atoms with Crippen molar-refractivity contribution in [3.63, 3.8) is 0 Å². The van der Waals surface area contributed by atoms with E-state index in [2.05, 4.69) is 70.7 Å². The van der Waals surface area contributed by atoms with Gasteiger partial charge in [0, 0.05) is 39.3 Å². The first-order chi connectivity index (χ1) is 20.2. The molecule has 3 heteroatoms. The molecule has 5 aliphatic rings. The van der Waals surface area contributed by atoms with Crippen molar-refractivity contribution in [1.29, 1.82) is 0 Å². The predicted octanol–water partition coefficient (Wildman–Crippen LogP) is 8.28. The fourth-order valence-corrected chi connectivity index (χ4v) is 8.63. The highest BCUT2D eigenvalue weighted by Crippen LogP contribution is 2.38. The normalized spacial score (nSPS) is 31.1. The standard InChI is InChI=1S/C38H61N3/c1-3-39-24-26-40(27-25-39)22-12-14-32(2)37-21-11-15-33(29-37)28-34-16-13-23-41(30-34)31-38(36-19-9-6-10-20-36)35-17-7-4-5-8-18-35/h4-5,7,9,15,17,19,34-38H,2-3,6,8,10-14,16,18,20-31H2,1H3/t34?,35?,36?,37-,38?/m1/s1. The molecule has 0 spiro atoms. The quantitative estimate of drug-likeness (QED) is 0.223. The molecule has 2 aliphatic heterocycles. The Morgan fingerprint density at radius 1 is 0.854 bits per heavy atom. The maximum Gasteiger partial charge on any atom is 0.0110 e. The number of piperidine rings is 1. The highest BCUT2D eigenvalue weighted by Gasteiger charge is 2.31. The molecular formula is C38H61N3. The largest absolute Gasteiger partial charge is 0.303 e. The summed E-state index contributed by atoms with van der Waals surface area (Å²) in [5.41, 5.74) is 3.30. The third kappa shape index (κ3) is 9.54. The lowest BCUT2D eigenvalue weighted by Gasteiger charge is -2.40. The average molecular weight is 560 g/mol. The Morgan fingerprint density at radius 2 is 1.71 bits per heavy atom. The average Bonchev–Trinajstić information content (AvgIpc) is 3.31. The third-order valence-corrected chi connectivity index (χ3v) is 11.2. The van der Waals surface area contributed by atoms with Gasteiger partial charge in [0.15, 0.2) is 0 Å². The van der Waals surface area contributed by atoms with Gasteiger partial charge >= 0.3 is 0 Å². The van der Waals surface area contributed by atoms with Gasteiger partial charge in [0.2, 0.25) is 0 Å². The molecular weight excluding hydrogens is 498 g/mol. The molecule has 0 saturated carbocycles. The Labute approximate surface area is 253 Å². The van der Waals surface area contributed by atoms with Crippen molar-refractivity contribution in [2.45, 2.75) is 90.4 Å². The van der Waals surface area contributed by atoms with Crippen LogP contribution in [0.25, 0.3) is 0 Å². The Hall–Kier alpha value is -1.42. The number of likely N-dealkylation sites (N-methyl/N-ethyl adjacent to an activating group) is 1. The van der Waals surface area contributed by atoms with Crippen LogP contribution >= 0.6 is 0 Å². The summed E-state index contributed by atoms with van der Waals surface area (Å²) in [5.74, 6) is 3.85. The summed E-state index contributed by atoms with van der Waals surface area (Å²) < 4.78 is 0. The second kappa shape index (κ2) is 16.4. The first-order valence-electron chi connectivity index (χ1n) is 17.7. The van der Waals surface area contributed by atoms with Gasteiger partial charge in [-0.3, -0.25) is 0 Å². The van der Waals surface area contributed by atoms with E-state index in [4.69, 9.17) is 0 Å². The van der Waals surface area contributed by atoms with Gasteiger partial charge in [-0.2, -0.15) is 0 Å². The van der Waals surface area contributed by atoms with Crippen molar-refractivity contribution in [3.8, 4) is 0 Å². The van der Waals surface area contributed by atoms with E-state index in [0.717, 1.165) is 29.6 Å². The van der Waals surface area contributed by atoms with Crippen LogP contribution < -0.4 is 0 Å². The summed E-state index contributed by atoms with van der Waals surface area (Å²) in [4.78, 5) is 8.14. The van der Waals surface area contributed by atoms with Crippen LogP contribution in [-0.4, -0.2) is 73.6 Å². The number of hydrogen-bond acceptors (Lipinski definition) is 3. The lowest BCUT2D eigenvalue weighted by atomic mass is 9.74. The summed E-state index contributed by atoms with van der Waals surface area (Å²) >= 11 is 0. The van der Waals surface area contributed by atoms with Crippen LogP contribution in [0.5, 0.6) is 0 Å². The fraction of sp³-hybridized carbons (Fsp3) is 0.737. The number of allylic oxidation sites excluding steroid dienone is 9. The molecule has 5 atom stereocenters. The molecule has 4 unspecified atom stereocenters. The van der Waals surface area contributed by atoms with Gasteiger partial charge in [-0.15, -0.1) is 0 Å². The SMILES string of the molecule is C=C(CCCN1CCN(CC)CC1)[C@@H]1CCC=C(CC2CCCN(CC(C3C=CC=CCC3)C3C=CCCC3)C2)C1. The van der Waals surface area contributed by atoms with E-state index in [0.29, 0.717) is 0 Å². The Morgan fingerprint density at radius 3 is 2.54 bits per heavy atom. The number of hydrogen-bond donors (Lipinski definition) is 0. The van der Waals surface area contributed by atoms with Crippen molar-refractivity contribution in [3.05, 3.63) is 60.3 Å². The Kier molecular flexibility index (Phi) is 12.4. The molecule has 0 bridgehead atoms. The Bertz CT molecular complexity index is 920. The van der Waals surface area contributed by atoms with Crippen molar-refractivity contribution < 1.29 is 0 Å². The fourth-order valence-electron chi connectivity index (χ4n) is 8.63. The van der Waals surface area contributed by atoms with Gasteiger partial charge in [-0.1, -0.05) is 67.2 Å². The van der Waals surface area contributed by atoms with Gasteiger partial charge < -0.3 is 14.7 Å². The van der Waals surface area contributed by atoms with Crippen LogP contribution in [0.4, 0.5) is 0 Å². The zero-order chi connectivity index (χ0) is 28.3. The van der Waals surface area contributed by atoms with Crippen LogP contribution in [0, 0.1) is 29.6 Å². The van der Waals surface area contributed by atoms with Gasteiger partial charge in [-0.25, -0.2) is 0 Å². The molecule has 0 N–H and O–H groups in total. The maximum absolute atomic E-state index is 4.63. The Balaban J connectivity index is 1.07. The highest BCUT2D eigenvalue weighted by atomic mass is 15.3. The number of nitrogens with zero attached hydrogens (tertiary/aromatic N) is 3. The number of likely N-dealkylation sites (tertiary alicyclic amines) is 1. The molecule has 228 valence electrons. The second-order valence-electron chi connectivity index (χ2n) is 14.1. The molecule has 41 heavy (non-hydrogen) atoms. The summed E-state index contributed by atoms with van der Waals surface area (Å²) in [7, 11) is 0. The van der Waals surface area contributed by atoms with Crippen LogP contribution in [0.2, 0.25) is 0 Å². The second-order valence-corrected chi connectivity index (χ2v) is 14.1. The summed E-state index contributed by atoms with van der Waals surface area (Å²) in [6.07, 6.45) is 34.4. The number of piperazine rings is 1.